The number of aliphatic hydroxyl groups is 1. The summed E-state index contributed by atoms with van der Waals surface area (Å²) in [6.07, 6.45) is -1.54. The molecule has 0 amide bonds. The summed E-state index contributed by atoms with van der Waals surface area (Å²) < 4.78 is 30.8. The lowest BCUT2D eigenvalue weighted by Crippen LogP contribution is -2.37. The summed E-state index contributed by atoms with van der Waals surface area (Å²) in [4.78, 5) is 11.0. The summed E-state index contributed by atoms with van der Waals surface area (Å²) in [5, 5.41) is 9.33. The van der Waals surface area contributed by atoms with E-state index in [4.69, 9.17) is 0 Å². The van der Waals surface area contributed by atoms with E-state index in [2.05, 4.69) is 25.4 Å². The Bertz CT molecular complexity index is 572. The summed E-state index contributed by atoms with van der Waals surface area (Å²) >= 11 is 3.16. The Labute approximate surface area is 120 Å². The van der Waals surface area contributed by atoms with E-state index < -0.39 is 28.6 Å². The zero-order valence-corrected chi connectivity index (χ0v) is 12.8. The van der Waals surface area contributed by atoms with Gasteiger partial charge in [0.1, 0.15) is 0 Å². The molecular formula is C11H14BrNO5S. The van der Waals surface area contributed by atoms with Gasteiger partial charge in [-0.1, -0.05) is 6.07 Å². The van der Waals surface area contributed by atoms with Crippen molar-refractivity contribution in [3.8, 4) is 0 Å². The van der Waals surface area contributed by atoms with Crippen molar-refractivity contribution in [3.63, 3.8) is 0 Å². The maximum absolute atomic E-state index is 12.0. The highest BCUT2D eigenvalue weighted by molar-refractivity contribution is 9.10. The third kappa shape index (κ3) is 4.27. The van der Waals surface area contributed by atoms with Gasteiger partial charge >= 0.3 is 5.97 Å². The lowest BCUT2D eigenvalue weighted by atomic mass is 10.2. The highest BCUT2D eigenvalue weighted by Crippen LogP contribution is 2.22. The van der Waals surface area contributed by atoms with Gasteiger partial charge in [0.25, 0.3) is 0 Å². The number of nitrogens with one attached hydrogen (secondary N) is 1. The SMILES string of the molecule is COC(=O)C(O)CNS(=O)(=O)c1ccc(C)cc1Br. The second kappa shape index (κ2) is 6.47. The predicted molar refractivity (Wildman–Crippen MR) is 72.1 cm³/mol. The molecule has 0 spiro atoms. The van der Waals surface area contributed by atoms with Crippen LogP contribution in [0.2, 0.25) is 0 Å². The number of methoxy groups -OCH3 is 1. The predicted octanol–water partition coefficient (Wildman–Crippen LogP) is 0.570. The fraction of sp³-hybridized carbons (Fsp3) is 0.364. The fourth-order valence-electron chi connectivity index (χ4n) is 1.31. The van der Waals surface area contributed by atoms with E-state index in [0.717, 1.165) is 12.7 Å². The van der Waals surface area contributed by atoms with Crippen LogP contribution in [0.3, 0.4) is 0 Å². The molecular weight excluding hydrogens is 338 g/mol. The molecule has 0 saturated carbocycles. The molecule has 8 heteroatoms. The van der Waals surface area contributed by atoms with Gasteiger partial charge < -0.3 is 9.84 Å². The molecule has 1 unspecified atom stereocenters. The molecule has 0 fully saturated rings. The van der Waals surface area contributed by atoms with Crippen molar-refractivity contribution in [2.45, 2.75) is 17.9 Å². The van der Waals surface area contributed by atoms with Crippen LogP contribution in [0.1, 0.15) is 5.56 Å². The normalized spacial score (nSPS) is 13.1. The number of benzene rings is 1. The number of sulfonamides is 1. The Morgan fingerprint density at radius 2 is 2.16 bits per heavy atom. The summed E-state index contributed by atoms with van der Waals surface area (Å²) in [5.74, 6) is -0.898. The third-order valence-electron chi connectivity index (χ3n) is 2.32. The standard InChI is InChI=1S/C11H14BrNO5S/c1-7-3-4-10(8(12)5-7)19(16,17)13-6-9(14)11(15)18-2/h3-5,9,13-14H,6H2,1-2H3. The van der Waals surface area contributed by atoms with Crippen molar-refractivity contribution >= 4 is 31.9 Å². The van der Waals surface area contributed by atoms with Gasteiger partial charge in [-0.3, -0.25) is 0 Å². The molecule has 6 nitrogen and oxygen atoms in total. The Morgan fingerprint density at radius 1 is 1.53 bits per heavy atom. The van der Waals surface area contributed by atoms with Crippen LogP contribution in [0.25, 0.3) is 0 Å². The molecule has 0 radical (unpaired) electrons. The van der Waals surface area contributed by atoms with Crippen LogP contribution < -0.4 is 4.72 Å². The van der Waals surface area contributed by atoms with Crippen molar-refractivity contribution in [2.24, 2.45) is 0 Å². The van der Waals surface area contributed by atoms with Gasteiger partial charge in [-0.05, 0) is 40.5 Å². The van der Waals surface area contributed by atoms with Crippen LogP contribution in [0.15, 0.2) is 27.6 Å². The van der Waals surface area contributed by atoms with Gasteiger partial charge in [-0.25, -0.2) is 17.9 Å². The van der Waals surface area contributed by atoms with Crippen LogP contribution in [0, 0.1) is 6.92 Å². The quantitative estimate of drug-likeness (QED) is 0.756. The number of hydrogen-bond donors (Lipinski definition) is 2. The number of aliphatic hydroxyl groups excluding tert-OH is 1. The fourth-order valence-corrected chi connectivity index (χ4v) is 3.54. The number of halogens is 1. The van der Waals surface area contributed by atoms with Crippen LogP contribution >= 0.6 is 15.9 Å². The number of esters is 1. The van der Waals surface area contributed by atoms with Gasteiger partial charge in [0.15, 0.2) is 6.10 Å². The average molecular weight is 352 g/mol. The van der Waals surface area contributed by atoms with Crippen molar-refractivity contribution < 1.29 is 23.1 Å². The van der Waals surface area contributed by atoms with Gasteiger partial charge in [-0.2, -0.15) is 0 Å². The summed E-state index contributed by atoms with van der Waals surface area (Å²) in [5.41, 5.74) is 0.903. The Morgan fingerprint density at radius 3 is 2.68 bits per heavy atom. The first-order chi connectivity index (χ1) is 8.77. The number of carbonyl (C=O) groups is 1. The zero-order valence-electron chi connectivity index (χ0n) is 10.4. The molecule has 0 saturated heterocycles. The Kier molecular flexibility index (Phi) is 5.48. The van der Waals surface area contributed by atoms with Crippen molar-refractivity contribution in [1.29, 1.82) is 0 Å². The number of rotatable bonds is 5. The molecule has 1 atom stereocenters. The molecule has 0 bridgehead atoms. The molecule has 0 aliphatic carbocycles. The summed E-state index contributed by atoms with van der Waals surface area (Å²) in [7, 11) is -2.70. The first-order valence-electron chi connectivity index (χ1n) is 5.29. The van der Waals surface area contributed by atoms with E-state index in [0.29, 0.717) is 4.47 Å². The minimum Gasteiger partial charge on any atom is -0.467 e. The van der Waals surface area contributed by atoms with Crippen molar-refractivity contribution in [2.75, 3.05) is 13.7 Å². The molecule has 19 heavy (non-hydrogen) atoms. The smallest absolute Gasteiger partial charge is 0.336 e. The minimum absolute atomic E-state index is 0.0372. The van der Waals surface area contributed by atoms with Gasteiger partial charge in [0.05, 0.1) is 12.0 Å². The number of aryl methyl sites for hydroxylation is 1. The second-order valence-corrected chi connectivity index (χ2v) is 6.41. The highest BCUT2D eigenvalue weighted by atomic mass is 79.9. The minimum atomic E-state index is -3.81. The largest absolute Gasteiger partial charge is 0.467 e. The topological polar surface area (TPSA) is 92.7 Å². The van der Waals surface area contributed by atoms with E-state index in [1.807, 2.05) is 6.92 Å². The Balaban J connectivity index is 2.85. The van der Waals surface area contributed by atoms with E-state index in [-0.39, 0.29) is 4.90 Å². The first-order valence-corrected chi connectivity index (χ1v) is 7.57. The molecule has 2 N–H and O–H groups in total. The first kappa shape index (κ1) is 16.1. The van der Waals surface area contributed by atoms with Crippen LogP contribution in [-0.2, 0) is 19.6 Å². The van der Waals surface area contributed by atoms with Crippen LogP contribution in [0.4, 0.5) is 0 Å². The van der Waals surface area contributed by atoms with Crippen LogP contribution in [-0.4, -0.2) is 39.3 Å². The average Bonchev–Trinajstić information content (AvgIpc) is 2.34. The maximum Gasteiger partial charge on any atom is 0.336 e. The van der Waals surface area contributed by atoms with E-state index in [1.54, 1.807) is 12.1 Å². The summed E-state index contributed by atoms with van der Waals surface area (Å²) in [6.45, 7) is 1.38. The van der Waals surface area contributed by atoms with Gasteiger partial charge in [0, 0.05) is 11.0 Å². The number of hydrogen-bond acceptors (Lipinski definition) is 5. The third-order valence-corrected chi connectivity index (χ3v) is 4.72. The molecule has 106 valence electrons. The van der Waals surface area contributed by atoms with E-state index in [9.17, 15) is 18.3 Å². The Hall–Kier alpha value is -0.960. The monoisotopic (exact) mass is 351 g/mol. The molecule has 0 aliphatic heterocycles. The van der Waals surface area contributed by atoms with Crippen LogP contribution in [0.5, 0.6) is 0 Å². The van der Waals surface area contributed by atoms with E-state index >= 15 is 0 Å². The second-order valence-electron chi connectivity index (χ2n) is 3.82. The van der Waals surface area contributed by atoms with E-state index in [1.165, 1.54) is 6.07 Å². The highest BCUT2D eigenvalue weighted by Gasteiger charge is 2.22. The maximum atomic E-state index is 12.0. The lowest BCUT2D eigenvalue weighted by molar-refractivity contribution is -0.149. The lowest BCUT2D eigenvalue weighted by Gasteiger charge is -2.11. The van der Waals surface area contributed by atoms with Crippen molar-refractivity contribution in [1.82, 2.24) is 4.72 Å². The number of ether oxygens (including phenoxy) is 1. The molecule has 1 aromatic carbocycles. The molecule has 0 aromatic heterocycles. The van der Waals surface area contributed by atoms with Crippen molar-refractivity contribution in [3.05, 3.63) is 28.2 Å². The molecule has 1 aromatic rings. The summed E-state index contributed by atoms with van der Waals surface area (Å²) in [6, 6.07) is 4.74. The molecule has 0 heterocycles. The zero-order chi connectivity index (χ0) is 14.6. The van der Waals surface area contributed by atoms with Gasteiger partial charge in [-0.15, -0.1) is 0 Å². The molecule has 1 rings (SSSR count). The molecule has 0 aliphatic rings. The van der Waals surface area contributed by atoms with Gasteiger partial charge in [0.2, 0.25) is 10.0 Å². The number of carbonyl (C=O) groups excluding carboxylic acids is 1.